The summed E-state index contributed by atoms with van der Waals surface area (Å²) in [6.07, 6.45) is -3.58. The number of carbonyl (C=O) groups is 1. The van der Waals surface area contributed by atoms with Crippen LogP contribution in [0.5, 0.6) is 0 Å². The Kier molecular flexibility index (Phi) is 7.35. The summed E-state index contributed by atoms with van der Waals surface area (Å²) in [5.41, 5.74) is 0.892. The average molecular weight is 407 g/mol. The molecule has 0 bridgehead atoms. The van der Waals surface area contributed by atoms with Crippen molar-refractivity contribution in [1.29, 1.82) is 0 Å². The first-order valence-electron chi connectivity index (χ1n) is 8.57. The van der Waals surface area contributed by atoms with E-state index in [-0.39, 0.29) is 5.71 Å². The molecule has 0 aliphatic heterocycles. The molecule has 0 heterocycles. The Hall–Kier alpha value is -3.36. The van der Waals surface area contributed by atoms with E-state index < -0.39 is 23.8 Å². The van der Waals surface area contributed by atoms with E-state index in [0.717, 1.165) is 12.1 Å². The van der Waals surface area contributed by atoms with Gasteiger partial charge in [-0.2, -0.15) is 13.2 Å². The highest BCUT2D eigenvalue weighted by atomic mass is 19.4. The summed E-state index contributed by atoms with van der Waals surface area (Å²) >= 11 is 0. The van der Waals surface area contributed by atoms with Crippen LogP contribution in [0.4, 0.5) is 13.2 Å². The van der Waals surface area contributed by atoms with E-state index in [0.29, 0.717) is 16.7 Å². The average Bonchev–Trinajstić information content (AvgIpc) is 2.71. The van der Waals surface area contributed by atoms with Gasteiger partial charge in [0.25, 0.3) is 5.91 Å². The van der Waals surface area contributed by atoms with Crippen LogP contribution in [0.3, 0.4) is 0 Å². The van der Waals surface area contributed by atoms with Crippen LogP contribution in [0.25, 0.3) is 0 Å². The van der Waals surface area contributed by atoms with Crippen molar-refractivity contribution in [2.45, 2.75) is 19.2 Å². The lowest BCUT2D eigenvalue weighted by molar-refractivity contribution is -0.137. The minimum Gasteiger partial charge on any atom is -0.398 e. The van der Waals surface area contributed by atoms with Gasteiger partial charge in [-0.15, -0.1) is 0 Å². The van der Waals surface area contributed by atoms with Gasteiger partial charge >= 0.3 is 6.18 Å². The fourth-order valence-corrected chi connectivity index (χ4v) is 2.43. The molecule has 1 amide bonds. The maximum absolute atomic E-state index is 12.6. The first-order valence-corrected chi connectivity index (χ1v) is 8.57. The zero-order valence-electron chi connectivity index (χ0n) is 16.0. The van der Waals surface area contributed by atoms with Gasteiger partial charge in [-0.05, 0) is 24.6 Å². The summed E-state index contributed by atoms with van der Waals surface area (Å²) < 4.78 is 37.9. The Morgan fingerprint density at radius 2 is 1.79 bits per heavy atom. The van der Waals surface area contributed by atoms with Gasteiger partial charge in [0, 0.05) is 18.2 Å². The predicted octanol–water partition coefficient (Wildman–Crippen LogP) is 3.91. The predicted molar refractivity (Wildman–Crippen MR) is 103 cm³/mol. The first kappa shape index (κ1) is 21.9. The normalized spacial score (nSPS) is 13.2. The Morgan fingerprint density at radius 1 is 1.14 bits per heavy atom. The monoisotopic (exact) mass is 407 g/mol. The molecule has 0 aliphatic carbocycles. The van der Waals surface area contributed by atoms with Gasteiger partial charge in [-0.3, -0.25) is 4.79 Å². The zero-order valence-corrected chi connectivity index (χ0v) is 16.0. The van der Waals surface area contributed by atoms with Crippen LogP contribution >= 0.6 is 0 Å². The molecule has 154 valence electrons. The number of nitrogens with zero attached hydrogens (tertiary/aromatic N) is 2. The number of oxime groups is 2. The maximum atomic E-state index is 12.6. The maximum Gasteiger partial charge on any atom is 0.416 e. The molecule has 0 saturated heterocycles. The number of hydrogen-bond donors (Lipinski definition) is 1. The Morgan fingerprint density at radius 3 is 2.38 bits per heavy atom. The molecule has 0 aromatic heterocycles. The van der Waals surface area contributed by atoms with Crippen molar-refractivity contribution in [3.05, 3.63) is 70.8 Å². The molecule has 0 spiro atoms. The summed E-state index contributed by atoms with van der Waals surface area (Å²) in [7, 11) is 2.80. The van der Waals surface area contributed by atoms with E-state index in [2.05, 4.69) is 15.6 Å². The van der Waals surface area contributed by atoms with Gasteiger partial charge in [0.15, 0.2) is 5.71 Å². The van der Waals surface area contributed by atoms with Crippen LogP contribution in [0.1, 0.15) is 35.3 Å². The van der Waals surface area contributed by atoms with Crippen molar-refractivity contribution in [3.63, 3.8) is 0 Å². The number of amides is 1. The summed E-state index contributed by atoms with van der Waals surface area (Å²) in [5, 5.41) is 10.1. The van der Waals surface area contributed by atoms with Crippen LogP contribution in [-0.4, -0.2) is 32.0 Å². The SMILES string of the molecule is CNC(=O)/C(=N\OC)c1ccccc1/C=N/OC(C)c1ccc(C(F)(F)F)cc1. The van der Waals surface area contributed by atoms with Crippen molar-refractivity contribution in [2.24, 2.45) is 10.3 Å². The molecule has 0 radical (unpaired) electrons. The Balaban J connectivity index is 2.16. The lowest BCUT2D eigenvalue weighted by Crippen LogP contribution is -2.29. The summed E-state index contributed by atoms with van der Waals surface area (Å²) in [6.45, 7) is 1.66. The topological polar surface area (TPSA) is 72.3 Å². The van der Waals surface area contributed by atoms with Gasteiger partial charge < -0.3 is 15.0 Å². The third-order valence-corrected chi connectivity index (χ3v) is 3.96. The van der Waals surface area contributed by atoms with Crippen LogP contribution in [-0.2, 0) is 20.6 Å². The number of benzene rings is 2. The van der Waals surface area contributed by atoms with Crippen molar-refractivity contribution in [3.8, 4) is 0 Å². The molecule has 29 heavy (non-hydrogen) atoms. The highest BCUT2D eigenvalue weighted by molar-refractivity contribution is 6.46. The highest BCUT2D eigenvalue weighted by Crippen LogP contribution is 2.30. The van der Waals surface area contributed by atoms with Crippen molar-refractivity contribution in [1.82, 2.24) is 5.32 Å². The van der Waals surface area contributed by atoms with Crippen molar-refractivity contribution >= 4 is 17.8 Å². The molecule has 9 heteroatoms. The number of carbonyl (C=O) groups excluding carboxylic acids is 1. The highest BCUT2D eigenvalue weighted by Gasteiger charge is 2.30. The van der Waals surface area contributed by atoms with E-state index >= 15 is 0 Å². The number of rotatable bonds is 7. The van der Waals surface area contributed by atoms with Crippen LogP contribution in [0.2, 0.25) is 0 Å². The van der Waals surface area contributed by atoms with Gasteiger partial charge in [-0.25, -0.2) is 0 Å². The van der Waals surface area contributed by atoms with E-state index in [4.69, 9.17) is 9.68 Å². The molecule has 2 aromatic carbocycles. The number of hydrogen-bond acceptors (Lipinski definition) is 5. The van der Waals surface area contributed by atoms with Gasteiger partial charge in [0.2, 0.25) is 0 Å². The van der Waals surface area contributed by atoms with Crippen LogP contribution in [0.15, 0.2) is 58.8 Å². The number of alkyl halides is 3. The number of nitrogens with one attached hydrogen (secondary N) is 1. The number of halogens is 3. The van der Waals surface area contributed by atoms with Gasteiger partial charge in [0.05, 0.1) is 11.8 Å². The second-order valence-corrected chi connectivity index (χ2v) is 5.89. The lowest BCUT2D eigenvalue weighted by atomic mass is 10.0. The molecule has 1 N–H and O–H groups in total. The standard InChI is InChI=1S/C20H20F3N3O3/c1-13(14-8-10-16(11-9-14)20(21,22)23)29-25-12-15-6-4-5-7-17(15)18(26-28-3)19(27)24-2/h4-13H,1-3H3,(H,24,27)/b25-12+,26-18-. The second kappa shape index (κ2) is 9.72. The molecule has 0 saturated carbocycles. The Bertz CT molecular complexity index is 894. The molecular formula is C20H20F3N3O3. The summed E-state index contributed by atoms with van der Waals surface area (Å²) in [5.74, 6) is -0.438. The van der Waals surface area contributed by atoms with Crippen molar-refractivity contribution < 1.29 is 27.6 Å². The fraction of sp³-hybridized carbons (Fsp3) is 0.250. The van der Waals surface area contributed by atoms with Crippen LogP contribution < -0.4 is 5.32 Å². The summed E-state index contributed by atoms with van der Waals surface area (Å²) in [6, 6.07) is 11.5. The third-order valence-electron chi connectivity index (χ3n) is 3.96. The molecule has 1 atom stereocenters. The number of likely N-dealkylation sites (N-methyl/N-ethyl adjacent to an activating group) is 1. The van der Waals surface area contributed by atoms with Crippen molar-refractivity contribution in [2.75, 3.05) is 14.2 Å². The molecule has 2 aromatic rings. The molecule has 2 rings (SSSR count). The van der Waals surface area contributed by atoms with Gasteiger partial charge in [-0.1, -0.05) is 46.7 Å². The van der Waals surface area contributed by atoms with E-state index in [9.17, 15) is 18.0 Å². The van der Waals surface area contributed by atoms with Gasteiger partial charge in [0.1, 0.15) is 13.2 Å². The molecule has 6 nitrogen and oxygen atoms in total. The minimum absolute atomic E-state index is 0.0628. The molecule has 1 unspecified atom stereocenters. The lowest BCUT2D eigenvalue weighted by Gasteiger charge is -2.12. The molecular weight excluding hydrogens is 387 g/mol. The Labute approximate surface area is 166 Å². The quantitative estimate of drug-likeness (QED) is 0.559. The zero-order chi connectivity index (χ0) is 21.4. The van der Waals surface area contributed by atoms with E-state index in [1.165, 1.54) is 32.5 Å². The smallest absolute Gasteiger partial charge is 0.398 e. The second-order valence-electron chi connectivity index (χ2n) is 5.89. The fourth-order valence-electron chi connectivity index (χ4n) is 2.43. The summed E-state index contributed by atoms with van der Waals surface area (Å²) in [4.78, 5) is 22.1. The first-order chi connectivity index (χ1) is 13.8. The molecule has 0 fully saturated rings. The third kappa shape index (κ3) is 5.81. The largest absolute Gasteiger partial charge is 0.416 e. The van der Waals surface area contributed by atoms with Crippen LogP contribution in [0, 0.1) is 0 Å². The molecule has 0 aliphatic rings. The van der Waals surface area contributed by atoms with E-state index in [1.54, 1.807) is 31.2 Å². The van der Waals surface area contributed by atoms with E-state index in [1.807, 2.05) is 0 Å². The minimum atomic E-state index is -4.39.